The quantitative estimate of drug-likeness (QED) is 0.828. The first-order valence-electron chi connectivity index (χ1n) is 5.73. The van der Waals surface area contributed by atoms with Crippen LogP contribution in [0.3, 0.4) is 0 Å². The van der Waals surface area contributed by atoms with E-state index in [9.17, 15) is 0 Å². The zero-order valence-electron chi connectivity index (χ0n) is 9.59. The van der Waals surface area contributed by atoms with E-state index in [0.29, 0.717) is 11.9 Å². The summed E-state index contributed by atoms with van der Waals surface area (Å²) >= 11 is 0. The van der Waals surface area contributed by atoms with Gasteiger partial charge in [0.05, 0.1) is 6.10 Å². The molecule has 0 amide bonds. The molecule has 0 saturated carbocycles. The summed E-state index contributed by atoms with van der Waals surface area (Å²) in [4.78, 5) is 10.3. The fourth-order valence-electron chi connectivity index (χ4n) is 2.05. The Hall–Kier alpha value is -1.36. The molecular weight excluding hydrogens is 204 g/mol. The summed E-state index contributed by atoms with van der Waals surface area (Å²) in [5.41, 5.74) is 5.65. The third-order valence-electron chi connectivity index (χ3n) is 2.78. The second kappa shape index (κ2) is 5.12. The van der Waals surface area contributed by atoms with E-state index in [0.717, 1.165) is 38.4 Å². The van der Waals surface area contributed by atoms with E-state index in [4.69, 9.17) is 10.5 Å². The minimum Gasteiger partial charge on any atom is -0.384 e. The number of hydrogen-bond donors (Lipinski definition) is 1. The Morgan fingerprint density at radius 2 is 2.44 bits per heavy atom. The van der Waals surface area contributed by atoms with Crippen molar-refractivity contribution in [2.45, 2.75) is 25.9 Å². The van der Waals surface area contributed by atoms with Crippen LogP contribution < -0.4 is 10.6 Å². The molecule has 0 aliphatic carbocycles. The van der Waals surface area contributed by atoms with Crippen LogP contribution in [-0.4, -0.2) is 35.8 Å². The van der Waals surface area contributed by atoms with E-state index < -0.39 is 0 Å². The number of anilines is 2. The van der Waals surface area contributed by atoms with Crippen LogP contribution in [0.2, 0.25) is 0 Å². The summed E-state index contributed by atoms with van der Waals surface area (Å²) in [5, 5.41) is 0. The maximum absolute atomic E-state index is 5.65. The molecule has 1 atom stereocenters. The van der Waals surface area contributed by atoms with E-state index >= 15 is 0 Å². The fraction of sp³-hybridized carbons (Fsp3) is 0.636. The van der Waals surface area contributed by atoms with Gasteiger partial charge in [0.15, 0.2) is 0 Å². The topological polar surface area (TPSA) is 64.3 Å². The van der Waals surface area contributed by atoms with Crippen LogP contribution >= 0.6 is 0 Å². The first-order valence-corrected chi connectivity index (χ1v) is 5.73. The molecule has 1 aromatic rings. The smallest absolute Gasteiger partial charge is 0.134 e. The van der Waals surface area contributed by atoms with Crippen molar-refractivity contribution in [3.63, 3.8) is 0 Å². The predicted molar refractivity (Wildman–Crippen MR) is 63.3 cm³/mol. The zero-order valence-corrected chi connectivity index (χ0v) is 9.59. The third kappa shape index (κ3) is 2.61. The average molecular weight is 222 g/mol. The number of aromatic nitrogens is 2. The van der Waals surface area contributed by atoms with Gasteiger partial charge in [0.2, 0.25) is 0 Å². The van der Waals surface area contributed by atoms with Crippen molar-refractivity contribution in [1.29, 1.82) is 0 Å². The van der Waals surface area contributed by atoms with E-state index in [2.05, 4.69) is 14.9 Å². The van der Waals surface area contributed by atoms with Gasteiger partial charge < -0.3 is 15.4 Å². The van der Waals surface area contributed by atoms with Crippen molar-refractivity contribution >= 4 is 11.6 Å². The van der Waals surface area contributed by atoms with Crippen LogP contribution in [0.5, 0.6) is 0 Å². The van der Waals surface area contributed by atoms with E-state index in [-0.39, 0.29) is 0 Å². The molecule has 0 radical (unpaired) electrons. The SMILES string of the molecule is CCOC1CCCN(c2cc(N)ncn2)C1. The summed E-state index contributed by atoms with van der Waals surface area (Å²) < 4.78 is 5.65. The first kappa shape index (κ1) is 11.1. The van der Waals surface area contributed by atoms with Gasteiger partial charge in [-0.2, -0.15) is 0 Å². The number of ether oxygens (including phenoxy) is 1. The Labute approximate surface area is 95.6 Å². The summed E-state index contributed by atoms with van der Waals surface area (Å²) in [7, 11) is 0. The minimum absolute atomic E-state index is 0.315. The molecule has 88 valence electrons. The van der Waals surface area contributed by atoms with E-state index in [1.807, 2.05) is 13.0 Å². The van der Waals surface area contributed by atoms with Crippen LogP contribution in [0, 0.1) is 0 Å². The van der Waals surface area contributed by atoms with Crippen molar-refractivity contribution in [1.82, 2.24) is 9.97 Å². The normalized spacial score (nSPS) is 21.1. The van der Waals surface area contributed by atoms with Crippen molar-refractivity contribution in [2.75, 3.05) is 30.3 Å². The molecule has 16 heavy (non-hydrogen) atoms. The van der Waals surface area contributed by atoms with Gasteiger partial charge in [0.25, 0.3) is 0 Å². The van der Waals surface area contributed by atoms with Crippen LogP contribution in [0.4, 0.5) is 11.6 Å². The lowest BCUT2D eigenvalue weighted by atomic mass is 10.1. The highest BCUT2D eigenvalue weighted by molar-refractivity contribution is 5.46. The lowest BCUT2D eigenvalue weighted by Gasteiger charge is -2.33. The van der Waals surface area contributed by atoms with Crippen molar-refractivity contribution in [3.8, 4) is 0 Å². The molecule has 1 aliphatic heterocycles. The number of rotatable bonds is 3. The van der Waals surface area contributed by atoms with E-state index in [1.165, 1.54) is 6.33 Å². The number of nitrogen functional groups attached to an aromatic ring is 1. The number of hydrogen-bond acceptors (Lipinski definition) is 5. The number of piperidine rings is 1. The molecule has 5 nitrogen and oxygen atoms in total. The molecule has 1 saturated heterocycles. The van der Waals surface area contributed by atoms with Gasteiger partial charge in [-0.05, 0) is 19.8 Å². The van der Waals surface area contributed by atoms with Gasteiger partial charge in [0, 0.05) is 25.8 Å². The molecule has 1 fully saturated rings. The van der Waals surface area contributed by atoms with Gasteiger partial charge in [-0.1, -0.05) is 0 Å². The summed E-state index contributed by atoms with van der Waals surface area (Å²) in [6.07, 6.45) is 4.09. The van der Waals surface area contributed by atoms with E-state index in [1.54, 1.807) is 0 Å². The Balaban J connectivity index is 2.03. The van der Waals surface area contributed by atoms with Gasteiger partial charge in [-0.25, -0.2) is 9.97 Å². The van der Waals surface area contributed by atoms with Crippen molar-refractivity contribution < 1.29 is 4.74 Å². The molecule has 1 unspecified atom stereocenters. The Bertz CT molecular complexity index is 343. The Morgan fingerprint density at radius 1 is 1.56 bits per heavy atom. The summed E-state index contributed by atoms with van der Waals surface area (Å²) in [6, 6.07) is 1.81. The lowest BCUT2D eigenvalue weighted by Crippen LogP contribution is -2.40. The maximum Gasteiger partial charge on any atom is 0.134 e. The molecule has 0 bridgehead atoms. The van der Waals surface area contributed by atoms with Crippen LogP contribution in [0.15, 0.2) is 12.4 Å². The predicted octanol–water partition coefficient (Wildman–Crippen LogP) is 1.06. The monoisotopic (exact) mass is 222 g/mol. The molecule has 0 aromatic carbocycles. The van der Waals surface area contributed by atoms with Gasteiger partial charge >= 0.3 is 0 Å². The maximum atomic E-state index is 5.65. The van der Waals surface area contributed by atoms with Crippen molar-refractivity contribution in [3.05, 3.63) is 12.4 Å². The zero-order chi connectivity index (χ0) is 11.4. The molecule has 0 spiro atoms. The number of nitrogens with zero attached hydrogens (tertiary/aromatic N) is 3. The van der Waals surface area contributed by atoms with Gasteiger partial charge in [0.1, 0.15) is 18.0 Å². The highest BCUT2D eigenvalue weighted by Gasteiger charge is 2.21. The molecule has 2 heterocycles. The van der Waals surface area contributed by atoms with Crippen LogP contribution in [0.25, 0.3) is 0 Å². The summed E-state index contributed by atoms with van der Waals surface area (Å²) in [6.45, 7) is 4.70. The Kier molecular flexibility index (Phi) is 3.56. The fourth-order valence-corrected chi connectivity index (χ4v) is 2.05. The molecular formula is C11H18N4O. The van der Waals surface area contributed by atoms with Crippen LogP contribution in [0.1, 0.15) is 19.8 Å². The molecule has 1 aromatic heterocycles. The third-order valence-corrected chi connectivity index (χ3v) is 2.78. The highest BCUT2D eigenvalue weighted by atomic mass is 16.5. The number of nitrogens with two attached hydrogens (primary N) is 1. The van der Waals surface area contributed by atoms with Gasteiger partial charge in [-0.15, -0.1) is 0 Å². The Morgan fingerprint density at radius 3 is 3.19 bits per heavy atom. The minimum atomic E-state index is 0.315. The van der Waals surface area contributed by atoms with Gasteiger partial charge in [-0.3, -0.25) is 0 Å². The highest BCUT2D eigenvalue weighted by Crippen LogP contribution is 2.19. The second-order valence-corrected chi connectivity index (χ2v) is 3.97. The summed E-state index contributed by atoms with van der Waals surface area (Å²) in [5.74, 6) is 1.42. The first-order chi connectivity index (χ1) is 7.79. The molecule has 5 heteroatoms. The molecule has 2 rings (SSSR count). The van der Waals surface area contributed by atoms with Crippen LogP contribution in [-0.2, 0) is 4.74 Å². The second-order valence-electron chi connectivity index (χ2n) is 3.97. The average Bonchev–Trinajstić information content (AvgIpc) is 2.30. The molecule has 2 N–H and O–H groups in total. The molecule has 1 aliphatic rings. The van der Waals surface area contributed by atoms with Crippen molar-refractivity contribution in [2.24, 2.45) is 0 Å². The largest absolute Gasteiger partial charge is 0.384 e. The standard InChI is InChI=1S/C11H18N4O/c1-2-16-9-4-3-5-15(7-9)11-6-10(12)13-8-14-11/h6,8-9H,2-5,7H2,1H3,(H2,12,13,14). The lowest BCUT2D eigenvalue weighted by molar-refractivity contribution is 0.0525.